The zero-order valence-electron chi connectivity index (χ0n) is 10.8. The highest BCUT2D eigenvalue weighted by atomic mass is 16.1. The van der Waals surface area contributed by atoms with Crippen LogP contribution >= 0.6 is 0 Å². The molecule has 1 heteroatoms. The highest BCUT2D eigenvalue weighted by molar-refractivity contribution is 5.95. The molecule has 0 saturated carbocycles. The van der Waals surface area contributed by atoms with Crippen LogP contribution in [0.15, 0.2) is 11.1 Å². The van der Waals surface area contributed by atoms with Crippen molar-refractivity contribution >= 4 is 5.78 Å². The summed E-state index contributed by atoms with van der Waals surface area (Å²) in [5.74, 6) is 0.691. The molecule has 1 aliphatic carbocycles. The topological polar surface area (TPSA) is 17.1 Å². The molecule has 0 fully saturated rings. The third-order valence-corrected chi connectivity index (χ3v) is 4.18. The first-order chi connectivity index (χ1) is 7.06. The van der Waals surface area contributed by atoms with E-state index in [2.05, 4.69) is 34.6 Å². The minimum atomic E-state index is -0.152. The lowest BCUT2D eigenvalue weighted by atomic mass is 9.77. The fourth-order valence-electron chi connectivity index (χ4n) is 3.15. The van der Waals surface area contributed by atoms with Gasteiger partial charge in [0.25, 0.3) is 0 Å². The van der Waals surface area contributed by atoms with Gasteiger partial charge in [-0.25, -0.2) is 0 Å². The summed E-state index contributed by atoms with van der Waals surface area (Å²) in [7, 11) is 0. The largest absolute Gasteiger partial charge is 0.298 e. The molecular formula is C14H24O. The molecule has 2 atom stereocenters. The Kier molecular flexibility index (Phi) is 3.75. The van der Waals surface area contributed by atoms with Crippen LogP contribution in [0.25, 0.3) is 0 Å². The molecule has 0 heterocycles. The van der Waals surface area contributed by atoms with Crippen LogP contribution in [-0.2, 0) is 4.79 Å². The van der Waals surface area contributed by atoms with Gasteiger partial charge in [0.1, 0.15) is 5.78 Å². The summed E-state index contributed by atoms with van der Waals surface area (Å²) in [5, 5.41) is 0. The van der Waals surface area contributed by atoms with Crippen molar-refractivity contribution in [3.05, 3.63) is 11.1 Å². The van der Waals surface area contributed by atoms with E-state index < -0.39 is 0 Å². The average molecular weight is 208 g/mol. The van der Waals surface area contributed by atoms with Gasteiger partial charge in [-0.3, -0.25) is 4.79 Å². The van der Waals surface area contributed by atoms with Crippen molar-refractivity contribution in [2.45, 2.75) is 60.3 Å². The number of ketones is 1. The maximum absolute atomic E-state index is 12.4. The van der Waals surface area contributed by atoms with Crippen molar-refractivity contribution < 1.29 is 4.79 Å². The summed E-state index contributed by atoms with van der Waals surface area (Å²) in [6, 6.07) is 0. The summed E-state index contributed by atoms with van der Waals surface area (Å²) in [5.41, 5.74) is 2.72. The van der Waals surface area contributed by atoms with Crippen molar-refractivity contribution in [1.82, 2.24) is 0 Å². The lowest BCUT2D eigenvalue weighted by molar-refractivity contribution is -0.127. The lowest BCUT2D eigenvalue weighted by Crippen LogP contribution is -2.27. The molecule has 0 spiro atoms. The number of Topliss-reactive ketones (excluding diaryl/α,β-unsaturated/α-hetero) is 1. The fraction of sp³-hybridized carbons (Fsp3) is 0.786. The smallest absolute Gasteiger partial charge is 0.149 e. The molecule has 0 radical (unpaired) electrons. The average Bonchev–Trinajstić information content (AvgIpc) is 2.47. The molecule has 0 aromatic rings. The SMILES string of the molecule is CCC1=C(CC)C(C)(CC)C(=O)C1CC. The quantitative estimate of drug-likeness (QED) is 0.635. The third kappa shape index (κ3) is 1.66. The van der Waals surface area contributed by atoms with Gasteiger partial charge in [-0.15, -0.1) is 0 Å². The number of carbonyl (C=O) groups excluding carboxylic acids is 1. The molecule has 0 aromatic heterocycles. The maximum atomic E-state index is 12.4. The Balaban J connectivity index is 3.24. The number of hydrogen-bond donors (Lipinski definition) is 0. The molecule has 0 bridgehead atoms. The van der Waals surface area contributed by atoms with Gasteiger partial charge in [-0.1, -0.05) is 38.8 Å². The molecule has 0 N–H and O–H groups in total. The van der Waals surface area contributed by atoms with E-state index in [-0.39, 0.29) is 11.3 Å². The van der Waals surface area contributed by atoms with Gasteiger partial charge in [0.2, 0.25) is 0 Å². The standard InChI is InChI=1S/C14H24O/c1-6-10-11(7-2)13(15)14(5,9-4)12(10)8-3/h11H,6-9H2,1-5H3. The van der Waals surface area contributed by atoms with E-state index in [0.29, 0.717) is 5.78 Å². The predicted molar refractivity (Wildman–Crippen MR) is 64.8 cm³/mol. The number of allylic oxidation sites excluding steroid dienone is 2. The molecular weight excluding hydrogens is 184 g/mol. The van der Waals surface area contributed by atoms with Crippen molar-refractivity contribution in [3.8, 4) is 0 Å². The highest BCUT2D eigenvalue weighted by Crippen LogP contribution is 2.48. The highest BCUT2D eigenvalue weighted by Gasteiger charge is 2.46. The predicted octanol–water partition coefficient (Wildman–Crippen LogP) is 4.13. The Morgan fingerprint density at radius 2 is 1.73 bits per heavy atom. The molecule has 0 aromatic carbocycles. The van der Waals surface area contributed by atoms with Gasteiger partial charge in [-0.2, -0.15) is 0 Å². The van der Waals surface area contributed by atoms with Crippen LogP contribution in [0, 0.1) is 11.3 Å². The Hall–Kier alpha value is -0.590. The number of hydrogen-bond acceptors (Lipinski definition) is 1. The number of rotatable bonds is 4. The van der Waals surface area contributed by atoms with Crippen LogP contribution in [0.2, 0.25) is 0 Å². The summed E-state index contributed by atoms with van der Waals surface area (Å²) in [6.45, 7) is 10.8. The number of carbonyl (C=O) groups is 1. The molecule has 15 heavy (non-hydrogen) atoms. The van der Waals surface area contributed by atoms with Crippen LogP contribution in [0.4, 0.5) is 0 Å². The maximum Gasteiger partial charge on any atom is 0.149 e. The molecule has 0 aliphatic heterocycles. The fourth-order valence-corrected chi connectivity index (χ4v) is 3.15. The first-order valence-corrected chi connectivity index (χ1v) is 6.33. The monoisotopic (exact) mass is 208 g/mol. The van der Waals surface area contributed by atoms with E-state index in [9.17, 15) is 4.79 Å². The first-order valence-electron chi connectivity index (χ1n) is 6.33. The molecule has 2 unspecified atom stereocenters. The van der Waals surface area contributed by atoms with Crippen molar-refractivity contribution in [2.75, 3.05) is 0 Å². The minimum Gasteiger partial charge on any atom is -0.298 e. The molecule has 1 aliphatic rings. The molecule has 0 amide bonds. The second kappa shape index (κ2) is 4.51. The van der Waals surface area contributed by atoms with Gasteiger partial charge in [0.15, 0.2) is 0 Å². The van der Waals surface area contributed by atoms with Gasteiger partial charge >= 0.3 is 0 Å². The second-order valence-electron chi connectivity index (χ2n) is 4.72. The second-order valence-corrected chi connectivity index (χ2v) is 4.72. The summed E-state index contributed by atoms with van der Waals surface area (Å²) in [4.78, 5) is 12.4. The van der Waals surface area contributed by atoms with E-state index in [4.69, 9.17) is 0 Å². The molecule has 1 nitrogen and oxygen atoms in total. The van der Waals surface area contributed by atoms with Crippen LogP contribution in [-0.4, -0.2) is 5.78 Å². The molecule has 1 rings (SSSR count). The third-order valence-electron chi connectivity index (χ3n) is 4.18. The zero-order valence-corrected chi connectivity index (χ0v) is 10.8. The summed E-state index contributed by atoms with van der Waals surface area (Å²) < 4.78 is 0. The Labute approximate surface area is 93.9 Å². The van der Waals surface area contributed by atoms with Crippen molar-refractivity contribution in [3.63, 3.8) is 0 Å². The summed E-state index contributed by atoms with van der Waals surface area (Å²) in [6.07, 6.45) is 4.01. The van der Waals surface area contributed by atoms with E-state index in [1.165, 1.54) is 11.1 Å². The van der Waals surface area contributed by atoms with Crippen molar-refractivity contribution in [1.29, 1.82) is 0 Å². The van der Waals surface area contributed by atoms with Gasteiger partial charge in [-0.05, 0) is 32.6 Å². The Bertz CT molecular complexity index is 288. The van der Waals surface area contributed by atoms with Gasteiger partial charge in [0.05, 0.1) is 0 Å². The lowest BCUT2D eigenvalue weighted by Gasteiger charge is -2.25. The Morgan fingerprint density at radius 3 is 2.07 bits per heavy atom. The Morgan fingerprint density at radius 1 is 1.13 bits per heavy atom. The van der Waals surface area contributed by atoms with E-state index in [1.54, 1.807) is 0 Å². The van der Waals surface area contributed by atoms with Crippen molar-refractivity contribution in [2.24, 2.45) is 11.3 Å². The van der Waals surface area contributed by atoms with Crippen LogP contribution in [0.5, 0.6) is 0 Å². The van der Waals surface area contributed by atoms with E-state index >= 15 is 0 Å². The van der Waals surface area contributed by atoms with Gasteiger partial charge < -0.3 is 0 Å². The molecule has 86 valence electrons. The summed E-state index contributed by atoms with van der Waals surface area (Å²) >= 11 is 0. The van der Waals surface area contributed by atoms with Crippen LogP contribution in [0.3, 0.4) is 0 Å². The van der Waals surface area contributed by atoms with E-state index in [1.807, 2.05) is 0 Å². The minimum absolute atomic E-state index is 0.152. The first kappa shape index (κ1) is 12.5. The van der Waals surface area contributed by atoms with Crippen LogP contribution in [0.1, 0.15) is 60.3 Å². The van der Waals surface area contributed by atoms with Gasteiger partial charge in [0, 0.05) is 11.3 Å². The van der Waals surface area contributed by atoms with E-state index in [0.717, 1.165) is 25.7 Å². The molecule has 0 saturated heterocycles. The van der Waals surface area contributed by atoms with Crippen LogP contribution < -0.4 is 0 Å². The zero-order chi connectivity index (χ0) is 11.6. The normalized spacial score (nSPS) is 31.5.